The van der Waals surface area contributed by atoms with Gasteiger partial charge >= 0.3 is 6.18 Å². The third-order valence-corrected chi connectivity index (χ3v) is 2.07. The molecule has 0 spiro atoms. The minimum atomic E-state index is -4.29. The maximum absolute atomic E-state index is 12.3. The first-order valence-electron chi connectivity index (χ1n) is 4.52. The molecular formula is C10H12F3NO. The van der Waals surface area contributed by atoms with E-state index in [0.717, 1.165) is 12.7 Å². The van der Waals surface area contributed by atoms with E-state index in [1.54, 1.807) is 24.5 Å². The molecule has 1 heterocycles. The molecule has 0 N–H and O–H groups in total. The molecule has 0 aliphatic carbocycles. The highest BCUT2D eigenvalue weighted by molar-refractivity contribution is 5.08. The molecule has 15 heavy (non-hydrogen) atoms. The molecule has 1 aromatic heterocycles. The van der Waals surface area contributed by atoms with Crippen LogP contribution >= 0.6 is 0 Å². The molecule has 0 bridgehead atoms. The van der Waals surface area contributed by atoms with Crippen LogP contribution < -0.4 is 0 Å². The van der Waals surface area contributed by atoms with Crippen LogP contribution in [0.1, 0.15) is 12.0 Å². The van der Waals surface area contributed by atoms with Crippen molar-refractivity contribution in [2.45, 2.75) is 25.1 Å². The smallest absolute Gasteiger partial charge is 0.372 e. The second-order valence-electron chi connectivity index (χ2n) is 3.17. The van der Waals surface area contributed by atoms with Crippen molar-refractivity contribution in [1.29, 1.82) is 0 Å². The van der Waals surface area contributed by atoms with Gasteiger partial charge in [0.1, 0.15) is 0 Å². The van der Waals surface area contributed by atoms with E-state index < -0.39 is 12.3 Å². The fourth-order valence-corrected chi connectivity index (χ4v) is 1.26. The van der Waals surface area contributed by atoms with Crippen molar-refractivity contribution >= 4 is 0 Å². The summed E-state index contributed by atoms with van der Waals surface area (Å²) < 4.78 is 41.2. The van der Waals surface area contributed by atoms with Crippen LogP contribution in [0.2, 0.25) is 0 Å². The Hall–Kier alpha value is -1.10. The van der Waals surface area contributed by atoms with Crippen molar-refractivity contribution in [3.8, 4) is 0 Å². The van der Waals surface area contributed by atoms with E-state index in [1.165, 1.54) is 0 Å². The van der Waals surface area contributed by atoms with Gasteiger partial charge in [-0.1, -0.05) is 6.07 Å². The Morgan fingerprint density at radius 3 is 2.67 bits per heavy atom. The maximum atomic E-state index is 12.3. The number of methoxy groups -OCH3 is 1. The van der Waals surface area contributed by atoms with Crippen LogP contribution in [0.4, 0.5) is 13.2 Å². The van der Waals surface area contributed by atoms with Gasteiger partial charge in [-0.2, -0.15) is 13.2 Å². The minimum absolute atomic E-state index is 0.0777. The monoisotopic (exact) mass is 219 g/mol. The third kappa shape index (κ3) is 3.87. The molecule has 1 unspecified atom stereocenters. The third-order valence-electron chi connectivity index (χ3n) is 2.07. The Kier molecular flexibility index (Phi) is 4.08. The lowest BCUT2D eigenvalue weighted by molar-refractivity contribution is -0.214. The van der Waals surface area contributed by atoms with Crippen LogP contribution in [0.25, 0.3) is 0 Å². The van der Waals surface area contributed by atoms with Crippen LogP contribution in [0.3, 0.4) is 0 Å². The number of hydrogen-bond acceptors (Lipinski definition) is 2. The lowest BCUT2D eigenvalue weighted by Crippen LogP contribution is -2.31. The van der Waals surface area contributed by atoms with Crippen molar-refractivity contribution in [3.63, 3.8) is 0 Å². The average molecular weight is 219 g/mol. The van der Waals surface area contributed by atoms with E-state index in [2.05, 4.69) is 9.72 Å². The molecule has 1 atom stereocenters. The van der Waals surface area contributed by atoms with E-state index in [4.69, 9.17) is 0 Å². The number of pyridine rings is 1. The summed E-state index contributed by atoms with van der Waals surface area (Å²) in [6.45, 7) is 0. The Morgan fingerprint density at radius 1 is 1.47 bits per heavy atom. The van der Waals surface area contributed by atoms with Gasteiger partial charge in [-0.25, -0.2) is 0 Å². The average Bonchev–Trinajstić information content (AvgIpc) is 2.18. The number of nitrogens with zero attached hydrogens (tertiary/aromatic N) is 1. The highest BCUT2D eigenvalue weighted by Crippen LogP contribution is 2.25. The van der Waals surface area contributed by atoms with Gasteiger partial charge in [0.05, 0.1) is 0 Å². The van der Waals surface area contributed by atoms with Crippen molar-refractivity contribution in [2.75, 3.05) is 7.11 Å². The van der Waals surface area contributed by atoms with E-state index in [0.29, 0.717) is 6.42 Å². The van der Waals surface area contributed by atoms with Gasteiger partial charge in [0, 0.05) is 19.5 Å². The number of ether oxygens (including phenoxy) is 1. The first kappa shape index (κ1) is 12.0. The number of hydrogen-bond donors (Lipinski definition) is 0. The second-order valence-corrected chi connectivity index (χ2v) is 3.17. The highest BCUT2D eigenvalue weighted by atomic mass is 19.4. The minimum Gasteiger partial charge on any atom is -0.372 e. The summed E-state index contributed by atoms with van der Waals surface area (Å²) >= 11 is 0. The first-order chi connectivity index (χ1) is 7.04. The molecule has 5 heteroatoms. The van der Waals surface area contributed by atoms with Crippen LogP contribution in [-0.2, 0) is 11.2 Å². The SMILES string of the molecule is COC(CCc1cccnc1)C(F)(F)F. The van der Waals surface area contributed by atoms with Crippen molar-refractivity contribution in [3.05, 3.63) is 30.1 Å². The Balaban J connectivity index is 2.49. The van der Waals surface area contributed by atoms with E-state index >= 15 is 0 Å². The van der Waals surface area contributed by atoms with E-state index in [9.17, 15) is 13.2 Å². The van der Waals surface area contributed by atoms with Gasteiger partial charge in [-0.05, 0) is 24.5 Å². The Bertz CT molecular complexity index is 286. The van der Waals surface area contributed by atoms with Gasteiger partial charge in [-0.15, -0.1) is 0 Å². The Morgan fingerprint density at radius 2 is 2.20 bits per heavy atom. The van der Waals surface area contributed by atoms with Crippen LogP contribution in [0.5, 0.6) is 0 Å². The van der Waals surface area contributed by atoms with E-state index in [-0.39, 0.29) is 6.42 Å². The molecule has 0 amide bonds. The molecule has 0 saturated carbocycles. The van der Waals surface area contributed by atoms with Crippen molar-refractivity contribution < 1.29 is 17.9 Å². The van der Waals surface area contributed by atoms with Crippen LogP contribution in [0.15, 0.2) is 24.5 Å². The van der Waals surface area contributed by atoms with Gasteiger partial charge in [0.15, 0.2) is 6.10 Å². The molecule has 1 aromatic rings. The summed E-state index contributed by atoms with van der Waals surface area (Å²) in [6, 6.07) is 3.45. The fourth-order valence-electron chi connectivity index (χ4n) is 1.26. The highest BCUT2D eigenvalue weighted by Gasteiger charge is 2.39. The molecule has 0 aliphatic rings. The lowest BCUT2D eigenvalue weighted by atomic mass is 10.1. The first-order valence-corrected chi connectivity index (χ1v) is 4.52. The number of halogens is 3. The molecule has 0 aliphatic heterocycles. The molecule has 0 fully saturated rings. The molecule has 0 saturated heterocycles. The zero-order valence-corrected chi connectivity index (χ0v) is 8.29. The lowest BCUT2D eigenvalue weighted by Gasteiger charge is -2.18. The van der Waals surface area contributed by atoms with Crippen LogP contribution in [-0.4, -0.2) is 24.4 Å². The molecular weight excluding hydrogens is 207 g/mol. The summed E-state index contributed by atoms with van der Waals surface area (Å²) in [6.07, 6.45) is -2.61. The summed E-state index contributed by atoms with van der Waals surface area (Å²) in [7, 11) is 1.07. The zero-order valence-electron chi connectivity index (χ0n) is 8.29. The molecule has 2 nitrogen and oxygen atoms in total. The van der Waals surface area contributed by atoms with Crippen molar-refractivity contribution in [2.24, 2.45) is 0 Å². The van der Waals surface area contributed by atoms with E-state index in [1.807, 2.05) is 0 Å². The van der Waals surface area contributed by atoms with Gasteiger partial charge in [0.25, 0.3) is 0 Å². The summed E-state index contributed by atoms with van der Waals surface area (Å²) in [5.74, 6) is 0. The number of alkyl halides is 3. The van der Waals surface area contributed by atoms with Crippen LogP contribution in [0, 0.1) is 0 Å². The quantitative estimate of drug-likeness (QED) is 0.776. The maximum Gasteiger partial charge on any atom is 0.414 e. The van der Waals surface area contributed by atoms with Crippen molar-refractivity contribution in [1.82, 2.24) is 4.98 Å². The number of aromatic nitrogens is 1. The standard InChI is InChI=1S/C10H12F3NO/c1-15-9(10(11,12)13)5-4-8-3-2-6-14-7-8/h2-3,6-7,9H,4-5H2,1H3. The zero-order chi connectivity index (χ0) is 11.3. The summed E-state index contributed by atoms with van der Waals surface area (Å²) in [4.78, 5) is 3.83. The topological polar surface area (TPSA) is 22.1 Å². The second kappa shape index (κ2) is 5.11. The van der Waals surface area contributed by atoms with Gasteiger partial charge in [0.2, 0.25) is 0 Å². The molecule has 0 radical (unpaired) electrons. The predicted molar refractivity (Wildman–Crippen MR) is 49.4 cm³/mol. The fraction of sp³-hybridized carbons (Fsp3) is 0.500. The number of aryl methyl sites for hydroxylation is 1. The molecule has 0 aromatic carbocycles. The normalized spacial score (nSPS) is 13.9. The number of rotatable bonds is 4. The largest absolute Gasteiger partial charge is 0.414 e. The summed E-state index contributed by atoms with van der Waals surface area (Å²) in [5.41, 5.74) is 0.781. The molecule has 1 rings (SSSR count). The van der Waals surface area contributed by atoms with Gasteiger partial charge in [-0.3, -0.25) is 4.98 Å². The predicted octanol–water partition coefficient (Wildman–Crippen LogP) is 2.59. The molecule has 84 valence electrons. The van der Waals surface area contributed by atoms with Gasteiger partial charge < -0.3 is 4.74 Å². The summed E-state index contributed by atoms with van der Waals surface area (Å²) in [5, 5.41) is 0. The Labute approximate surface area is 86.1 Å².